The van der Waals surface area contributed by atoms with Crippen molar-refractivity contribution in [2.45, 2.75) is 18.9 Å². The first-order valence-electron chi connectivity index (χ1n) is 7.28. The highest BCUT2D eigenvalue weighted by Crippen LogP contribution is 2.23. The van der Waals surface area contributed by atoms with Crippen molar-refractivity contribution in [1.29, 1.82) is 0 Å². The van der Waals surface area contributed by atoms with Crippen molar-refractivity contribution in [3.8, 4) is 0 Å². The molecule has 0 amide bonds. The van der Waals surface area contributed by atoms with Gasteiger partial charge in [-0.1, -0.05) is 48.0 Å². The minimum Gasteiger partial charge on any atom is -0.394 e. The summed E-state index contributed by atoms with van der Waals surface area (Å²) in [4.78, 5) is 2.17. The summed E-state index contributed by atoms with van der Waals surface area (Å²) in [6.07, 6.45) is 0.692. The molecular weight excluding hydrogens is 260 g/mol. The molecule has 0 spiro atoms. The maximum absolute atomic E-state index is 9.72. The maximum Gasteiger partial charge on any atom is 0.0661 e. The smallest absolute Gasteiger partial charge is 0.0661 e. The Bertz CT molecular complexity index is 553. The Morgan fingerprint density at radius 3 is 2.24 bits per heavy atom. The second-order valence-electron chi connectivity index (χ2n) is 5.69. The van der Waals surface area contributed by atoms with E-state index in [1.807, 2.05) is 37.4 Å². The molecule has 3 N–H and O–H groups in total. The number of benzene rings is 2. The van der Waals surface area contributed by atoms with E-state index in [9.17, 15) is 5.11 Å². The quantitative estimate of drug-likeness (QED) is 0.857. The zero-order chi connectivity index (χ0) is 15.3. The van der Waals surface area contributed by atoms with Gasteiger partial charge in [-0.25, -0.2) is 0 Å². The van der Waals surface area contributed by atoms with E-state index in [-0.39, 0.29) is 6.61 Å². The second kappa shape index (κ2) is 6.74. The van der Waals surface area contributed by atoms with Crippen molar-refractivity contribution in [2.75, 3.05) is 25.1 Å². The Morgan fingerprint density at radius 2 is 1.67 bits per heavy atom. The Kier molecular flexibility index (Phi) is 4.99. The first kappa shape index (κ1) is 15.5. The van der Waals surface area contributed by atoms with E-state index in [2.05, 4.69) is 36.1 Å². The van der Waals surface area contributed by atoms with Crippen molar-refractivity contribution in [2.24, 2.45) is 5.73 Å². The number of hydrogen-bond acceptors (Lipinski definition) is 3. The molecule has 0 aromatic heterocycles. The lowest BCUT2D eigenvalue weighted by atomic mass is 9.88. The highest BCUT2D eigenvalue weighted by molar-refractivity contribution is 5.46. The van der Waals surface area contributed by atoms with Crippen LogP contribution in [0.2, 0.25) is 0 Å². The number of anilines is 1. The summed E-state index contributed by atoms with van der Waals surface area (Å²) in [5, 5.41) is 9.72. The summed E-state index contributed by atoms with van der Waals surface area (Å²) < 4.78 is 0. The minimum absolute atomic E-state index is 0.0568. The van der Waals surface area contributed by atoms with Crippen molar-refractivity contribution < 1.29 is 5.11 Å². The van der Waals surface area contributed by atoms with Gasteiger partial charge in [-0.3, -0.25) is 0 Å². The van der Waals surface area contributed by atoms with Crippen LogP contribution < -0.4 is 10.6 Å². The number of aliphatic hydroxyl groups excluding tert-OH is 1. The van der Waals surface area contributed by atoms with E-state index < -0.39 is 5.54 Å². The molecule has 3 nitrogen and oxygen atoms in total. The lowest BCUT2D eigenvalue weighted by molar-refractivity contribution is 0.189. The predicted molar refractivity (Wildman–Crippen MR) is 88.5 cm³/mol. The molecule has 2 aromatic rings. The predicted octanol–water partition coefficient (Wildman–Crippen LogP) is 2.67. The van der Waals surface area contributed by atoms with Gasteiger partial charge in [0.05, 0.1) is 12.1 Å². The number of aliphatic hydroxyl groups is 1. The third-order valence-corrected chi connectivity index (χ3v) is 4.00. The molecule has 21 heavy (non-hydrogen) atoms. The summed E-state index contributed by atoms with van der Waals surface area (Å²) in [5.74, 6) is 0. The van der Waals surface area contributed by atoms with Crippen LogP contribution in [0.3, 0.4) is 0 Å². The van der Waals surface area contributed by atoms with Crippen LogP contribution in [-0.4, -0.2) is 25.3 Å². The number of hydrogen-bond donors (Lipinski definition) is 2. The molecule has 0 fully saturated rings. The highest BCUT2D eigenvalue weighted by Gasteiger charge is 2.26. The van der Waals surface area contributed by atoms with Crippen LogP contribution in [0.15, 0.2) is 54.6 Å². The standard InChI is InChI=1S/C18H24N2O/c1-15-8-10-17(11-9-15)20(2)13-12-18(19,14-21)16-6-4-3-5-7-16/h3-11,21H,12-14,19H2,1-2H3. The number of nitrogens with zero attached hydrogens (tertiary/aromatic N) is 1. The van der Waals surface area contributed by atoms with Gasteiger partial charge in [0.15, 0.2) is 0 Å². The van der Waals surface area contributed by atoms with E-state index in [0.717, 1.165) is 17.8 Å². The molecule has 1 atom stereocenters. The summed E-state index contributed by atoms with van der Waals surface area (Å²) >= 11 is 0. The van der Waals surface area contributed by atoms with E-state index in [1.165, 1.54) is 5.56 Å². The zero-order valence-corrected chi connectivity index (χ0v) is 12.8. The lowest BCUT2D eigenvalue weighted by Crippen LogP contribution is -2.43. The molecule has 1 unspecified atom stereocenters. The maximum atomic E-state index is 9.72. The molecule has 2 rings (SSSR count). The summed E-state index contributed by atoms with van der Waals surface area (Å²) in [6.45, 7) is 2.81. The first-order chi connectivity index (χ1) is 10.0. The van der Waals surface area contributed by atoms with Crippen molar-refractivity contribution in [3.05, 3.63) is 65.7 Å². The van der Waals surface area contributed by atoms with E-state index in [1.54, 1.807) is 0 Å². The third-order valence-electron chi connectivity index (χ3n) is 4.00. The van der Waals surface area contributed by atoms with Crippen LogP contribution in [0, 0.1) is 6.92 Å². The molecule has 0 bridgehead atoms. The van der Waals surface area contributed by atoms with Gasteiger partial charge in [-0.05, 0) is 31.0 Å². The first-order valence-corrected chi connectivity index (χ1v) is 7.28. The normalized spacial score (nSPS) is 13.7. The van der Waals surface area contributed by atoms with Gasteiger partial charge in [-0.15, -0.1) is 0 Å². The molecule has 0 radical (unpaired) electrons. The fraction of sp³-hybridized carbons (Fsp3) is 0.333. The average molecular weight is 284 g/mol. The molecule has 0 aliphatic carbocycles. The molecular formula is C18H24N2O. The summed E-state index contributed by atoms with van der Waals surface area (Å²) in [5.41, 5.74) is 9.09. The van der Waals surface area contributed by atoms with Crippen LogP contribution in [0.25, 0.3) is 0 Å². The SMILES string of the molecule is Cc1ccc(N(C)CCC(N)(CO)c2ccccc2)cc1. The monoisotopic (exact) mass is 284 g/mol. The molecule has 0 aliphatic heterocycles. The van der Waals surface area contributed by atoms with E-state index in [0.29, 0.717) is 6.42 Å². The van der Waals surface area contributed by atoms with Gasteiger partial charge >= 0.3 is 0 Å². The molecule has 2 aromatic carbocycles. The van der Waals surface area contributed by atoms with Gasteiger partial charge < -0.3 is 15.7 Å². The fourth-order valence-electron chi connectivity index (χ4n) is 2.38. The van der Waals surface area contributed by atoms with Gasteiger partial charge in [-0.2, -0.15) is 0 Å². The van der Waals surface area contributed by atoms with Crippen LogP contribution in [-0.2, 0) is 5.54 Å². The summed E-state index contributed by atoms with van der Waals surface area (Å²) in [7, 11) is 2.05. The lowest BCUT2D eigenvalue weighted by Gasteiger charge is -2.31. The number of rotatable bonds is 6. The fourth-order valence-corrected chi connectivity index (χ4v) is 2.38. The topological polar surface area (TPSA) is 49.5 Å². The molecule has 112 valence electrons. The molecule has 0 saturated heterocycles. The van der Waals surface area contributed by atoms with Crippen LogP contribution in [0.5, 0.6) is 0 Å². The second-order valence-corrected chi connectivity index (χ2v) is 5.69. The minimum atomic E-state index is -0.694. The number of aryl methyl sites for hydroxylation is 1. The molecule has 3 heteroatoms. The van der Waals surface area contributed by atoms with Crippen LogP contribution >= 0.6 is 0 Å². The average Bonchev–Trinajstić information content (AvgIpc) is 2.54. The third kappa shape index (κ3) is 3.84. The Morgan fingerprint density at radius 1 is 1.05 bits per heavy atom. The largest absolute Gasteiger partial charge is 0.394 e. The van der Waals surface area contributed by atoms with Gasteiger partial charge in [0.1, 0.15) is 0 Å². The molecule has 0 heterocycles. The van der Waals surface area contributed by atoms with Crippen molar-refractivity contribution in [1.82, 2.24) is 0 Å². The zero-order valence-electron chi connectivity index (χ0n) is 12.8. The van der Waals surface area contributed by atoms with E-state index >= 15 is 0 Å². The van der Waals surface area contributed by atoms with Gasteiger partial charge in [0.25, 0.3) is 0 Å². The molecule has 0 aliphatic rings. The Labute approximate surface area is 127 Å². The van der Waals surface area contributed by atoms with Gasteiger partial charge in [0, 0.05) is 19.3 Å². The number of nitrogens with two attached hydrogens (primary N) is 1. The molecule has 0 saturated carbocycles. The van der Waals surface area contributed by atoms with Crippen molar-refractivity contribution in [3.63, 3.8) is 0 Å². The van der Waals surface area contributed by atoms with Crippen LogP contribution in [0.4, 0.5) is 5.69 Å². The van der Waals surface area contributed by atoms with E-state index in [4.69, 9.17) is 5.73 Å². The summed E-state index contributed by atoms with van der Waals surface area (Å²) in [6, 6.07) is 18.2. The highest BCUT2D eigenvalue weighted by atomic mass is 16.3. The van der Waals surface area contributed by atoms with Crippen LogP contribution in [0.1, 0.15) is 17.5 Å². The Balaban J connectivity index is 2.04. The van der Waals surface area contributed by atoms with Gasteiger partial charge in [0.2, 0.25) is 0 Å². The van der Waals surface area contributed by atoms with Crippen molar-refractivity contribution >= 4 is 5.69 Å². The Hall–Kier alpha value is -1.84.